The summed E-state index contributed by atoms with van der Waals surface area (Å²) in [4.78, 5) is 12.0. The number of carbonyl (C=O) groups is 1. The van der Waals surface area contributed by atoms with Crippen LogP contribution in [0.2, 0.25) is 0 Å². The molecule has 1 aliphatic rings. The van der Waals surface area contributed by atoms with Crippen molar-refractivity contribution in [2.45, 2.75) is 44.8 Å². The van der Waals surface area contributed by atoms with Gasteiger partial charge >= 0.3 is 6.03 Å². The van der Waals surface area contributed by atoms with E-state index < -0.39 is 0 Å². The Labute approximate surface area is 189 Å². The summed E-state index contributed by atoms with van der Waals surface area (Å²) < 4.78 is 25.9. The molecule has 3 rings (SSSR count). The van der Waals surface area contributed by atoms with Crippen molar-refractivity contribution in [1.82, 2.24) is 10.7 Å². The summed E-state index contributed by atoms with van der Waals surface area (Å²) in [5.41, 5.74) is 3.72. The topological polar surface area (TPSA) is 72.0 Å². The second kappa shape index (κ2) is 11.1. The lowest BCUT2D eigenvalue weighted by atomic mass is 9.96. The van der Waals surface area contributed by atoms with Crippen molar-refractivity contribution in [1.29, 1.82) is 0 Å². The molecule has 1 fully saturated rings. The minimum absolute atomic E-state index is 0.0926. The lowest BCUT2D eigenvalue weighted by Crippen LogP contribution is -2.41. The number of ether oxygens (including phenoxy) is 2. The van der Waals surface area contributed by atoms with Crippen molar-refractivity contribution >= 4 is 34.8 Å². The third-order valence-electron chi connectivity index (χ3n) is 4.90. The van der Waals surface area contributed by atoms with Crippen LogP contribution in [0.1, 0.15) is 43.2 Å². The molecule has 2 aromatic carbocycles. The van der Waals surface area contributed by atoms with Gasteiger partial charge < -0.3 is 14.8 Å². The number of halogens is 2. The van der Waals surface area contributed by atoms with Crippen LogP contribution in [0.3, 0.4) is 0 Å². The van der Waals surface area contributed by atoms with E-state index in [0.717, 1.165) is 34.8 Å². The predicted molar refractivity (Wildman–Crippen MR) is 123 cm³/mol. The predicted octanol–water partition coefficient (Wildman–Crippen LogP) is 4.98. The average molecular weight is 525 g/mol. The zero-order valence-electron chi connectivity index (χ0n) is 16.8. The van der Waals surface area contributed by atoms with Crippen LogP contribution in [0.4, 0.5) is 9.18 Å². The molecule has 0 aromatic heterocycles. The lowest BCUT2D eigenvalue weighted by molar-refractivity contribution is 0.233. The Balaban J connectivity index is 1.60. The Bertz CT molecular complexity index is 901. The van der Waals surface area contributed by atoms with Crippen molar-refractivity contribution in [3.05, 3.63) is 56.9 Å². The van der Waals surface area contributed by atoms with Crippen LogP contribution in [0.25, 0.3) is 0 Å². The number of nitrogens with zero attached hydrogens (tertiary/aromatic N) is 1. The van der Waals surface area contributed by atoms with Gasteiger partial charge in [0, 0.05) is 11.6 Å². The minimum atomic E-state index is -0.312. The van der Waals surface area contributed by atoms with E-state index in [1.54, 1.807) is 30.5 Å². The third kappa shape index (κ3) is 6.32. The number of urea groups is 1. The lowest BCUT2D eigenvalue weighted by Gasteiger charge is -2.22. The van der Waals surface area contributed by atoms with Crippen molar-refractivity contribution in [3.63, 3.8) is 0 Å². The molecule has 8 heteroatoms. The maximum Gasteiger partial charge on any atom is 0.335 e. The van der Waals surface area contributed by atoms with Crippen LogP contribution in [-0.4, -0.2) is 25.4 Å². The molecular formula is C22H25FIN3O3. The minimum Gasteiger partial charge on any atom is -0.493 e. The summed E-state index contributed by atoms with van der Waals surface area (Å²) >= 11 is 2.13. The molecule has 1 aliphatic carbocycles. The van der Waals surface area contributed by atoms with E-state index in [1.807, 2.05) is 6.07 Å². The first-order chi connectivity index (χ1) is 14.6. The second-order valence-electron chi connectivity index (χ2n) is 7.09. The molecule has 30 heavy (non-hydrogen) atoms. The summed E-state index contributed by atoms with van der Waals surface area (Å²) in [7, 11) is 1.54. The molecule has 0 heterocycles. The number of rotatable bonds is 7. The quantitative estimate of drug-likeness (QED) is 0.304. The van der Waals surface area contributed by atoms with E-state index in [0.29, 0.717) is 17.1 Å². The summed E-state index contributed by atoms with van der Waals surface area (Å²) in [6.45, 7) is 0.0926. The number of amides is 2. The summed E-state index contributed by atoms with van der Waals surface area (Å²) in [6.07, 6.45) is 7.11. The van der Waals surface area contributed by atoms with Crippen LogP contribution in [0.15, 0.2) is 41.5 Å². The van der Waals surface area contributed by atoms with Gasteiger partial charge in [-0.15, -0.1) is 0 Å². The third-order valence-corrected chi connectivity index (χ3v) is 5.70. The average Bonchev–Trinajstić information content (AvgIpc) is 2.74. The smallest absolute Gasteiger partial charge is 0.335 e. The van der Waals surface area contributed by atoms with Crippen LogP contribution in [0.5, 0.6) is 11.5 Å². The number of hydrogen-bond acceptors (Lipinski definition) is 4. The van der Waals surface area contributed by atoms with Gasteiger partial charge in [-0.3, -0.25) is 0 Å². The Kier molecular flexibility index (Phi) is 8.30. The normalized spacial score (nSPS) is 14.5. The molecule has 160 valence electrons. The molecule has 0 saturated heterocycles. The van der Waals surface area contributed by atoms with E-state index in [9.17, 15) is 9.18 Å². The van der Waals surface area contributed by atoms with Gasteiger partial charge in [0.1, 0.15) is 12.4 Å². The van der Waals surface area contributed by atoms with Crippen LogP contribution in [0, 0.1) is 9.39 Å². The molecule has 0 radical (unpaired) electrons. The highest BCUT2D eigenvalue weighted by Crippen LogP contribution is 2.34. The van der Waals surface area contributed by atoms with Gasteiger partial charge in [-0.2, -0.15) is 5.10 Å². The molecule has 0 spiro atoms. The Hall–Kier alpha value is -2.36. The van der Waals surface area contributed by atoms with Crippen molar-refractivity contribution in [3.8, 4) is 11.5 Å². The molecule has 0 aliphatic heterocycles. The highest BCUT2D eigenvalue weighted by Gasteiger charge is 2.15. The number of benzene rings is 2. The molecule has 0 unspecified atom stereocenters. The van der Waals surface area contributed by atoms with Crippen LogP contribution < -0.4 is 20.2 Å². The molecular weight excluding hydrogens is 500 g/mol. The zero-order valence-corrected chi connectivity index (χ0v) is 18.9. The number of hydrazone groups is 1. The molecule has 1 saturated carbocycles. The van der Waals surface area contributed by atoms with E-state index in [-0.39, 0.29) is 24.5 Å². The number of nitrogens with one attached hydrogen (secondary N) is 2. The fraction of sp³-hybridized carbons (Fsp3) is 0.364. The van der Waals surface area contributed by atoms with Crippen molar-refractivity contribution in [2.75, 3.05) is 7.11 Å². The maximum absolute atomic E-state index is 13.8. The van der Waals surface area contributed by atoms with Gasteiger partial charge in [-0.25, -0.2) is 14.6 Å². The fourth-order valence-electron chi connectivity index (χ4n) is 3.35. The van der Waals surface area contributed by atoms with Gasteiger partial charge in [-0.1, -0.05) is 37.5 Å². The second-order valence-corrected chi connectivity index (χ2v) is 8.25. The maximum atomic E-state index is 13.8. The Morgan fingerprint density at radius 3 is 2.77 bits per heavy atom. The number of carbonyl (C=O) groups excluding carboxylic acids is 1. The van der Waals surface area contributed by atoms with Gasteiger partial charge in [-0.05, 0) is 59.2 Å². The Morgan fingerprint density at radius 1 is 1.27 bits per heavy atom. The summed E-state index contributed by atoms with van der Waals surface area (Å²) in [5, 5.41) is 6.97. The summed E-state index contributed by atoms with van der Waals surface area (Å²) in [5.74, 6) is 0.723. The largest absolute Gasteiger partial charge is 0.493 e. The first-order valence-electron chi connectivity index (χ1n) is 9.90. The molecule has 0 atom stereocenters. The van der Waals surface area contributed by atoms with Crippen molar-refractivity contribution in [2.24, 2.45) is 5.10 Å². The van der Waals surface area contributed by atoms with Crippen LogP contribution in [-0.2, 0) is 6.61 Å². The molecule has 2 aromatic rings. The van der Waals surface area contributed by atoms with E-state index in [4.69, 9.17) is 9.47 Å². The van der Waals surface area contributed by atoms with Gasteiger partial charge in [0.25, 0.3) is 0 Å². The first kappa shape index (κ1) is 22.3. The van der Waals surface area contributed by atoms with E-state index in [2.05, 4.69) is 38.4 Å². The first-order valence-corrected chi connectivity index (χ1v) is 11.0. The van der Waals surface area contributed by atoms with E-state index >= 15 is 0 Å². The molecule has 0 bridgehead atoms. The van der Waals surface area contributed by atoms with Crippen molar-refractivity contribution < 1.29 is 18.7 Å². The fourth-order valence-corrected chi connectivity index (χ4v) is 4.13. The zero-order chi connectivity index (χ0) is 21.3. The molecule has 2 amide bonds. The number of hydrogen-bond donors (Lipinski definition) is 2. The number of methoxy groups -OCH3 is 1. The molecule has 2 N–H and O–H groups in total. The monoisotopic (exact) mass is 525 g/mol. The molecule has 6 nitrogen and oxygen atoms in total. The van der Waals surface area contributed by atoms with Crippen LogP contribution >= 0.6 is 22.6 Å². The van der Waals surface area contributed by atoms with E-state index in [1.165, 1.54) is 19.6 Å². The van der Waals surface area contributed by atoms with Gasteiger partial charge in [0.15, 0.2) is 11.5 Å². The highest BCUT2D eigenvalue weighted by molar-refractivity contribution is 14.1. The van der Waals surface area contributed by atoms with Gasteiger partial charge in [0.2, 0.25) is 0 Å². The standard InChI is InChI=1S/C22H25FIN3O3/c1-29-20-12-15(13-25-27-22(28)26-17-8-3-2-4-9-17)11-19(24)21(20)30-14-16-7-5-6-10-18(16)23/h5-7,10-13,17H,2-4,8-9,14H2,1H3,(H2,26,27,28)/b25-13-. The SMILES string of the molecule is COc1cc(/C=N\NC(=O)NC2CCCCC2)cc(I)c1OCc1ccccc1F. The van der Waals surface area contributed by atoms with Gasteiger partial charge in [0.05, 0.1) is 16.9 Å². The summed E-state index contributed by atoms with van der Waals surface area (Å²) in [6, 6.07) is 10.0. The Morgan fingerprint density at radius 2 is 2.03 bits per heavy atom. The highest BCUT2D eigenvalue weighted by atomic mass is 127.